The van der Waals surface area contributed by atoms with Crippen LogP contribution >= 0.6 is 0 Å². The van der Waals surface area contributed by atoms with Crippen molar-refractivity contribution < 1.29 is 9.90 Å². The number of rotatable bonds is 1. The Labute approximate surface area is 87.5 Å². The molecule has 0 aliphatic carbocycles. The van der Waals surface area contributed by atoms with Crippen molar-refractivity contribution in [3.05, 3.63) is 5.69 Å². The van der Waals surface area contributed by atoms with Crippen molar-refractivity contribution in [1.82, 2.24) is 9.78 Å². The molecule has 2 N–H and O–H groups in total. The van der Waals surface area contributed by atoms with Crippen molar-refractivity contribution in [3.8, 4) is 0 Å². The molecule has 1 aliphatic rings. The fourth-order valence-corrected chi connectivity index (χ4v) is 1.79. The predicted octanol–water partition coefficient (Wildman–Crippen LogP) is 0.368. The van der Waals surface area contributed by atoms with Crippen LogP contribution in [-0.4, -0.2) is 40.5 Å². The Morgan fingerprint density at radius 3 is 2.87 bits per heavy atom. The molecule has 15 heavy (non-hydrogen) atoms. The minimum Gasteiger partial charge on any atom is -0.476 e. The van der Waals surface area contributed by atoms with Gasteiger partial charge in [-0.2, -0.15) is 5.10 Å². The number of fused-ring (bicyclic) bond motifs is 1. The van der Waals surface area contributed by atoms with Gasteiger partial charge in [0, 0.05) is 26.7 Å². The molecule has 6 heteroatoms. The van der Waals surface area contributed by atoms with Gasteiger partial charge in [-0.3, -0.25) is 4.68 Å². The van der Waals surface area contributed by atoms with Crippen LogP contribution in [0.2, 0.25) is 0 Å². The third kappa shape index (κ3) is 1.33. The second-order valence-electron chi connectivity index (χ2n) is 3.82. The normalized spacial score (nSPS) is 19.7. The predicted molar refractivity (Wildman–Crippen MR) is 56.5 cm³/mol. The molecule has 0 radical (unpaired) electrons. The van der Waals surface area contributed by atoms with Crippen molar-refractivity contribution in [2.75, 3.05) is 23.8 Å². The molecule has 1 atom stereocenters. The Morgan fingerprint density at radius 1 is 1.60 bits per heavy atom. The van der Waals surface area contributed by atoms with Gasteiger partial charge < -0.3 is 15.3 Å². The van der Waals surface area contributed by atoms with E-state index in [9.17, 15) is 4.79 Å². The smallest absolute Gasteiger partial charge is 0.358 e. The summed E-state index contributed by atoms with van der Waals surface area (Å²) in [7, 11) is 3.63. The number of nitrogens with zero attached hydrogens (tertiary/aromatic N) is 3. The number of carbonyl (C=O) groups is 1. The minimum atomic E-state index is -0.991. The lowest BCUT2D eigenvalue weighted by Crippen LogP contribution is -2.39. The van der Waals surface area contributed by atoms with Gasteiger partial charge >= 0.3 is 5.97 Å². The van der Waals surface area contributed by atoms with Crippen molar-refractivity contribution >= 4 is 17.5 Å². The van der Waals surface area contributed by atoms with E-state index in [-0.39, 0.29) is 11.7 Å². The number of anilines is 2. The van der Waals surface area contributed by atoms with Crippen LogP contribution in [0.3, 0.4) is 0 Å². The summed E-state index contributed by atoms with van der Waals surface area (Å²) < 4.78 is 1.57. The van der Waals surface area contributed by atoms with E-state index >= 15 is 0 Å². The lowest BCUT2D eigenvalue weighted by atomic mass is 10.2. The lowest BCUT2D eigenvalue weighted by Gasteiger charge is -2.32. The number of hydrogen-bond donors (Lipinski definition) is 2. The number of likely N-dealkylation sites (N-methyl/N-ethyl adjacent to an activating group) is 1. The summed E-state index contributed by atoms with van der Waals surface area (Å²) in [5, 5.41) is 16.2. The first-order valence-electron chi connectivity index (χ1n) is 4.79. The molecule has 0 amide bonds. The summed E-state index contributed by atoms with van der Waals surface area (Å²) in [6.45, 7) is 2.83. The van der Waals surface area contributed by atoms with E-state index in [1.807, 2.05) is 18.9 Å². The summed E-state index contributed by atoms with van der Waals surface area (Å²) in [6, 6.07) is 0.264. The highest BCUT2D eigenvalue weighted by Gasteiger charge is 2.29. The van der Waals surface area contributed by atoms with E-state index in [1.165, 1.54) is 0 Å². The SMILES string of the molecule is C[C@H]1CNc2c(c(C(=O)O)nn2C)N1C. The Hall–Kier alpha value is -1.72. The lowest BCUT2D eigenvalue weighted by molar-refractivity contribution is 0.0690. The fraction of sp³-hybridized carbons (Fsp3) is 0.556. The standard InChI is InChI=1S/C9H14N4O2/c1-5-4-10-8-7(12(5)2)6(9(14)15)11-13(8)3/h5,10H,4H2,1-3H3,(H,14,15)/t5-/m0/s1. The van der Waals surface area contributed by atoms with Gasteiger partial charge in [-0.1, -0.05) is 0 Å². The molecule has 0 bridgehead atoms. The molecule has 6 nitrogen and oxygen atoms in total. The van der Waals surface area contributed by atoms with Crippen LogP contribution in [0.1, 0.15) is 17.4 Å². The highest BCUT2D eigenvalue weighted by Crippen LogP contribution is 2.33. The Balaban J connectivity index is 2.58. The molecule has 1 aromatic rings. The summed E-state index contributed by atoms with van der Waals surface area (Å²) in [5.41, 5.74) is 0.776. The summed E-state index contributed by atoms with van der Waals surface area (Å²) >= 11 is 0. The molecule has 2 rings (SSSR count). The topological polar surface area (TPSA) is 70.4 Å². The Morgan fingerprint density at radius 2 is 2.27 bits per heavy atom. The number of aryl methyl sites for hydroxylation is 1. The van der Waals surface area contributed by atoms with Gasteiger partial charge in [0.1, 0.15) is 11.5 Å². The van der Waals surface area contributed by atoms with Crippen LogP contribution in [0.25, 0.3) is 0 Å². The quantitative estimate of drug-likeness (QED) is 0.700. The fourth-order valence-electron chi connectivity index (χ4n) is 1.79. The van der Waals surface area contributed by atoms with Crippen LogP contribution < -0.4 is 10.2 Å². The van der Waals surface area contributed by atoms with Gasteiger partial charge in [-0.15, -0.1) is 0 Å². The van der Waals surface area contributed by atoms with Crippen molar-refractivity contribution in [2.45, 2.75) is 13.0 Å². The monoisotopic (exact) mass is 210 g/mol. The zero-order chi connectivity index (χ0) is 11.2. The van der Waals surface area contributed by atoms with E-state index in [2.05, 4.69) is 10.4 Å². The maximum atomic E-state index is 11.0. The van der Waals surface area contributed by atoms with Gasteiger partial charge in [-0.05, 0) is 6.92 Å². The molecular formula is C9H14N4O2. The van der Waals surface area contributed by atoms with Crippen molar-refractivity contribution in [3.63, 3.8) is 0 Å². The molecule has 0 aromatic carbocycles. The first-order valence-corrected chi connectivity index (χ1v) is 4.79. The zero-order valence-electron chi connectivity index (χ0n) is 8.98. The molecule has 0 fully saturated rings. The third-order valence-corrected chi connectivity index (χ3v) is 2.80. The summed E-state index contributed by atoms with van der Waals surface area (Å²) in [4.78, 5) is 13.0. The summed E-state index contributed by atoms with van der Waals surface area (Å²) in [5.74, 6) is -0.220. The van der Waals surface area contributed by atoms with Gasteiger partial charge in [0.25, 0.3) is 0 Å². The summed E-state index contributed by atoms with van der Waals surface area (Å²) in [6.07, 6.45) is 0. The average Bonchev–Trinajstić information content (AvgIpc) is 2.50. The zero-order valence-corrected chi connectivity index (χ0v) is 8.98. The molecule has 0 unspecified atom stereocenters. The van der Waals surface area contributed by atoms with Crippen LogP contribution in [0, 0.1) is 0 Å². The van der Waals surface area contributed by atoms with E-state index < -0.39 is 5.97 Å². The van der Waals surface area contributed by atoms with Crippen LogP contribution in [0.4, 0.5) is 11.5 Å². The number of hydrogen-bond acceptors (Lipinski definition) is 4. The molecule has 1 aliphatic heterocycles. The second-order valence-corrected chi connectivity index (χ2v) is 3.82. The van der Waals surface area contributed by atoms with Gasteiger partial charge in [0.05, 0.1) is 0 Å². The van der Waals surface area contributed by atoms with Crippen molar-refractivity contribution in [1.29, 1.82) is 0 Å². The first-order chi connectivity index (χ1) is 7.02. The molecular weight excluding hydrogens is 196 g/mol. The third-order valence-electron chi connectivity index (χ3n) is 2.80. The molecule has 0 saturated carbocycles. The van der Waals surface area contributed by atoms with E-state index in [0.29, 0.717) is 5.69 Å². The molecule has 2 heterocycles. The van der Waals surface area contributed by atoms with Crippen LogP contribution in [0.5, 0.6) is 0 Å². The maximum Gasteiger partial charge on any atom is 0.358 e. The largest absolute Gasteiger partial charge is 0.476 e. The number of aromatic carboxylic acids is 1. The van der Waals surface area contributed by atoms with Gasteiger partial charge in [-0.25, -0.2) is 4.79 Å². The first kappa shape index (κ1) is 9.82. The second kappa shape index (κ2) is 3.15. The Kier molecular flexibility index (Phi) is 2.06. The number of carboxylic acids is 1. The number of carboxylic acid groups (broad SMARTS) is 1. The van der Waals surface area contributed by atoms with E-state index in [0.717, 1.165) is 12.4 Å². The number of nitrogens with one attached hydrogen (secondary N) is 1. The molecule has 82 valence electrons. The van der Waals surface area contributed by atoms with E-state index in [1.54, 1.807) is 11.7 Å². The number of aromatic nitrogens is 2. The van der Waals surface area contributed by atoms with Gasteiger partial charge in [0.2, 0.25) is 0 Å². The average molecular weight is 210 g/mol. The molecule has 0 saturated heterocycles. The highest BCUT2D eigenvalue weighted by molar-refractivity contribution is 5.96. The van der Waals surface area contributed by atoms with E-state index in [4.69, 9.17) is 5.11 Å². The maximum absolute atomic E-state index is 11.0. The molecule has 1 aromatic heterocycles. The van der Waals surface area contributed by atoms with Crippen LogP contribution in [-0.2, 0) is 7.05 Å². The van der Waals surface area contributed by atoms with Crippen LogP contribution in [0.15, 0.2) is 0 Å². The Bertz CT molecular complexity index is 412. The van der Waals surface area contributed by atoms with Gasteiger partial charge in [0.15, 0.2) is 5.69 Å². The highest BCUT2D eigenvalue weighted by atomic mass is 16.4. The van der Waals surface area contributed by atoms with Crippen molar-refractivity contribution in [2.24, 2.45) is 7.05 Å². The minimum absolute atomic E-state index is 0.106. The molecule has 0 spiro atoms.